The van der Waals surface area contributed by atoms with Crippen LogP contribution in [0.3, 0.4) is 0 Å². The van der Waals surface area contributed by atoms with Crippen LogP contribution in [0.1, 0.15) is 37.8 Å². The first kappa shape index (κ1) is 15.3. The third-order valence-electron chi connectivity index (χ3n) is 3.85. The molecular weight excluding hydrogens is 260 g/mol. The molecule has 0 heterocycles. The standard InChI is InChI=1S/C19H22O2/c1-19(2,3)17(18(20)21)16(14-10-6-4-7-11-14)15-12-8-5-9-13-15/h4-13,16-17H,1-3H3,(H,20,21). The highest BCUT2D eigenvalue weighted by Gasteiger charge is 2.39. The van der Waals surface area contributed by atoms with Gasteiger partial charge < -0.3 is 5.11 Å². The van der Waals surface area contributed by atoms with Gasteiger partial charge in [0.25, 0.3) is 0 Å². The van der Waals surface area contributed by atoms with Crippen molar-refractivity contribution in [1.82, 2.24) is 0 Å². The lowest BCUT2D eigenvalue weighted by molar-refractivity contribution is -0.146. The average Bonchev–Trinajstić information content (AvgIpc) is 2.44. The Hall–Kier alpha value is -2.09. The van der Waals surface area contributed by atoms with Gasteiger partial charge in [-0.3, -0.25) is 4.79 Å². The molecule has 1 N–H and O–H groups in total. The highest BCUT2D eigenvalue weighted by atomic mass is 16.4. The quantitative estimate of drug-likeness (QED) is 0.892. The van der Waals surface area contributed by atoms with E-state index in [0.717, 1.165) is 11.1 Å². The zero-order chi connectivity index (χ0) is 15.5. The summed E-state index contributed by atoms with van der Waals surface area (Å²) in [7, 11) is 0. The first-order valence-corrected chi connectivity index (χ1v) is 7.24. The Balaban J connectivity index is 2.58. The Morgan fingerprint density at radius 1 is 0.857 bits per heavy atom. The molecule has 1 atom stereocenters. The van der Waals surface area contributed by atoms with E-state index in [1.807, 2.05) is 81.4 Å². The van der Waals surface area contributed by atoms with E-state index in [1.54, 1.807) is 0 Å². The summed E-state index contributed by atoms with van der Waals surface area (Å²) < 4.78 is 0. The topological polar surface area (TPSA) is 37.3 Å². The minimum Gasteiger partial charge on any atom is -0.481 e. The van der Waals surface area contributed by atoms with Crippen molar-refractivity contribution in [3.05, 3.63) is 71.8 Å². The maximum absolute atomic E-state index is 11.9. The normalized spacial score (nSPS) is 13.1. The molecule has 0 amide bonds. The molecule has 0 aromatic heterocycles. The second-order valence-corrected chi connectivity index (χ2v) is 6.48. The van der Waals surface area contributed by atoms with Crippen molar-refractivity contribution in [1.29, 1.82) is 0 Å². The minimum atomic E-state index is -0.750. The van der Waals surface area contributed by atoms with E-state index in [4.69, 9.17) is 0 Å². The maximum Gasteiger partial charge on any atom is 0.307 e. The summed E-state index contributed by atoms with van der Waals surface area (Å²) >= 11 is 0. The largest absolute Gasteiger partial charge is 0.481 e. The Morgan fingerprint density at radius 2 is 1.24 bits per heavy atom. The van der Waals surface area contributed by atoms with Crippen LogP contribution < -0.4 is 0 Å². The van der Waals surface area contributed by atoms with Gasteiger partial charge in [0.2, 0.25) is 0 Å². The lowest BCUT2D eigenvalue weighted by Gasteiger charge is -2.34. The van der Waals surface area contributed by atoms with Crippen molar-refractivity contribution < 1.29 is 9.90 Å². The van der Waals surface area contributed by atoms with Gasteiger partial charge in [0, 0.05) is 5.92 Å². The molecule has 0 aliphatic rings. The Bertz CT molecular complexity index is 542. The monoisotopic (exact) mass is 282 g/mol. The van der Waals surface area contributed by atoms with Crippen molar-refractivity contribution in [3.63, 3.8) is 0 Å². The molecular formula is C19H22O2. The SMILES string of the molecule is CC(C)(C)C(C(=O)O)C(c1ccccc1)c1ccccc1. The van der Waals surface area contributed by atoms with Crippen molar-refractivity contribution in [2.24, 2.45) is 11.3 Å². The van der Waals surface area contributed by atoms with E-state index in [1.165, 1.54) is 0 Å². The Morgan fingerprint density at radius 3 is 1.52 bits per heavy atom. The molecule has 21 heavy (non-hydrogen) atoms. The molecule has 0 aliphatic carbocycles. The molecule has 0 aliphatic heterocycles. The first-order chi connectivity index (χ1) is 9.91. The van der Waals surface area contributed by atoms with Crippen LogP contribution in [-0.4, -0.2) is 11.1 Å². The zero-order valence-electron chi connectivity index (χ0n) is 12.8. The van der Waals surface area contributed by atoms with E-state index >= 15 is 0 Å². The number of rotatable bonds is 4. The first-order valence-electron chi connectivity index (χ1n) is 7.24. The molecule has 110 valence electrons. The second kappa shape index (κ2) is 6.13. The van der Waals surface area contributed by atoms with Crippen molar-refractivity contribution >= 4 is 5.97 Å². The van der Waals surface area contributed by atoms with Crippen LogP contribution in [0.15, 0.2) is 60.7 Å². The zero-order valence-corrected chi connectivity index (χ0v) is 12.8. The minimum absolute atomic E-state index is 0.148. The highest BCUT2D eigenvalue weighted by molar-refractivity contribution is 5.73. The lowest BCUT2D eigenvalue weighted by Crippen LogP contribution is -2.34. The smallest absolute Gasteiger partial charge is 0.307 e. The van der Waals surface area contributed by atoms with Crippen molar-refractivity contribution in [3.8, 4) is 0 Å². The van der Waals surface area contributed by atoms with Gasteiger partial charge in [-0.25, -0.2) is 0 Å². The van der Waals surface area contributed by atoms with Crippen molar-refractivity contribution in [2.75, 3.05) is 0 Å². The molecule has 0 bridgehead atoms. The third-order valence-corrected chi connectivity index (χ3v) is 3.85. The predicted octanol–water partition coefficient (Wildman–Crippen LogP) is 4.57. The molecule has 2 rings (SSSR count). The predicted molar refractivity (Wildman–Crippen MR) is 85.3 cm³/mol. The number of benzene rings is 2. The average molecular weight is 282 g/mol. The molecule has 2 nitrogen and oxygen atoms in total. The Kier molecular flexibility index (Phi) is 4.46. The van der Waals surface area contributed by atoms with E-state index < -0.39 is 11.9 Å². The molecule has 0 saturated heterocycles. The fourth-order valence-corrected chi connectivity index (χ4v) is 2.91. The molecule has 0 saturated carbocycles. The molecule has 2 heteroatoms. The van der Waals surface area contributed by atoms with Gasteiger partial charge in [-0.15, -0.1) is 0 Å². The molecule has 0 spiro atoms. The summed E-state index contributed by atoms with van der Waals surface area (Å²) in [5, 5.41) is 9.80. The van der Waals surface area contributed by atoms with Gasteiger partial charge in [0.05, 0.1) is 5.92 Å². The van der Waals surface area contributed by atoms with E-state index in [9.17, 15) is 9.90 Å². The Labute approximate surface area is 126 Å². The summed E-state index contributed by atoms with van der Waals surface area (Å²) in [6, 6.07) is 19.8. The van der Waals surface area contributed by atoms with Gasteiger partial charge in [0.1, 0.15) is 0 Å². The fraction of sp³-hybridized carbons (Fsp3) is 0.316. The van der Waals surface area contributed by atoms with E-state index in [0.29, 0.717) is 0 Å². The number of carboxylic acids is 1. The van der Waals surface area contributed by atoms with Gasteiger partial charge in [-0.05, 0) is 16.5 Å². The van der Waals surface area contributed by atoms with E-state index in [-0.39, 0.29) is 11.3 Å². The van der Waals surface area contributed by atoms with Crippen LogP contribution in [0, 0.1) is 11.3 Å². The van der Waals surface area contributed by atoms with Crippen LogP contribution in [0.2, 0.25) is 0 Å². The molecule has 0 radical (unpaired) electrons. The van der Waals surface area contributed by atoms with Gasteiger partial charge in [0.15, 0.2) is 0 Å². The summed E-state index contributed by atoms with van der Waals surface area (Å²) in [5.74, 6) is -1.38. The summed E-state index contributed by atoms with van der Waals surface area (Å²) in [6.45, 7) is 5.97. The van der Waals surface area contributed by atoms with Crippen LogP contribution in [-0.2, 0) is 4.79 Å². The van der Waals surface area contributed by atoms with Gasteiger partial charge >= 0.3 is 5.97 Å². The number of carboxylic acid groups (broad SMARTS) is 1. The van der Waals surface area contributed by atoms with E-state index in [2.05, 4.69) is 0 Å². The molecule has 2 aromatic rings. The van der Waals surface area contributed by atoms with Crippen LogP contribution in [0.4, 0.5) is 0 Å². The maximum atomic E-state index is 11.9. The highest BCUT2D eigenvalue weighted by Crippen LogP contribution is 2.42. The lowest BCUT2D eigenvalue weighted by atomic mass is 9.68. The second-order valence-electron chi connectivity index (χ2n) is 6.48. The van der Waals surface area contributed by atoms with Gasteiger partial charge in [-0.1, -0.05) is 81.4 Å². The fourth-order valence-electron chi connectivity index (χ4n) is 2.91. The van der Waals surface area contributed by atoms with Crippen molar-refractivity contribution in [2.45, 2.75) is 26.7 Å². The van der Waals surface area contributed by atoms with Crippen LogP contribution in [0.25, 0.3) is 0 Å². The number of aliphatic carboxylic acids is 1. The summed E-state index contributed by atoms with van der Waals surface area (Å²) in [5.41, 5.74) is 1.76. The molecule has 2 aromatic carbocycles. The number of hydrogen-bond donors (Lipinski definition) is 1. The summed E-state index contributed by atoms with van der Waals surface area (Å²) in [6.07, 6.45) is 0. The third kappa shape index (κ3) is 3.52. The van der Waals surface area contributed by atoms with Crippen LogP contribution in [0.5, 0.6) is 0 Å². The molecule has 0 fully saturated rings. The number of hydrogen-bond acceptors (Lipinski definition) is 1. The molecule has 1 unspecified atom stereocenters. The van der Waals surface area contributed by atoms with Gasteiger partial charge in [-0.2, -0.15) is 0 Å². The summed E-state index contributed by atoms with van der Waals surface area (Å²) in [4.78, 5) is 11.9. The van der Waals surface area contributed by atoms with Crippen LogP contribution >= 0.6 is 0 Å². The number of carbonyl (C=O) groups is 1.